The van der Waals surface area contributed by atoms with Crippen LogP contribution in [0.25, 0.3) is 0 Å². The maximum atomic E-state index is 12.1. The highest BCUT2D eigenvalue weighted by Crippen LogP contribution is 2.33. The van der Waals surface area contributed by atoms with Crippen molar-refractivity contribution in [3.05, 3.63) is 58.1 Å². The third-order valence-electron chi connectivity index (χ3n) is 3.41. The third-order valence-corrected chi connectivity index (χ3v) is 3.90. The number of carbonyl (C=O) groups excluding carboxylic acids is 1. The van der Waals surface area contributed by atoms with Gasteiger partial charge in [0.05, 0.1) is 0 Å². The molecule has 0 bridgehead atoms. The molecule has 2 aromatic carbocycles. The van der Waals surface area contributed by atoms with Gasteiger partial charge in [0, 0.05) is 15.7 Å². The lowest BCUT2D eigenvalue weighted by Crippen LogP contribution is -2.22. The quantitative estimate of drug-likeness (QED) is 0.809. The summed E-state index contributed by atoms with van der Waals surface area (Å²) in [6.07, 6.45) is 0. The van der Waals surface area contributed by atoms with Gasteiger partial charge in [-0.1, -0.05) is 48.8 Å². The zero-order valence-electron chi connectivity index (χ0n) is 13.9. The fraction of sp³-hybridized carbons (Fsp3) is 0.316. The number of aryl methyl sites for hydroxylation is 1. The Morgan fingerprint density at radius 1 is 1.17 bits per heavy atom. The average Bonchev–Trinajstić information content (AvgIpc) is 2.45. The average molecular weight is 376 g/mol. The topological polar surface area (TPSA) is 38.3 Å². The number of carbonyl (C=O) groups is 1. The largest absolute Gasteiger partial charge is 0.483 e. The van der Waals surface area contributed by atoms with E-state index in [9.17, 15) is 4.79 Å². The minimum Gasteiger partial charge on any atom is -0.483 e. The maximum Gasteiger partial charge on any atom is 0.262 e. The van der Waals surface area contributed by atoms with E-state index >= 15 is 0 Å². The molecule has 0 atom stereocenters. The Hall–Kier alpha value is -1.81. The first-order chi connectivity index (χ1) is 10.8. The van der Waals surface area contributed by atoms with Gasteiger partial charge in [0.25, 0.3) is 5.91 Å². The van der Waals surface area contributed by atoms with Crippen molar-refractivity contribution in [3.8, 4) is 5.75 Å². The van der Waals surface area contributed by atoms with Crippen LogP contribution in [0.5, 0.6) is 5.75 Å². The van der Waals surface area contributed by atoms with E-state index in [4.69, 9.17) is 4.74 Å². The van der Waals surface area contributed by atoms with Crippen LogP contribution >= 0.6 is 15.9 Å². The van der Waals surface area contributed by atoms with Crippen LogP contribution in [0.3, 0.4) is 0 Å². The van der Waals surface area contributed by atoms with Crippen molar-refractivity contribution in [2.45, 2.75) is 33.1 Å². The third kappa shape index (κ3) is 5.10. The van der Waals surface area contributed by atoms with Gasteiger partial charge in [0.15, 0.2) is 6.61 Å². The highest BCUT2D eigenvalue weighted by Gasteiger charge is 2.20. The zero-order chi connectivity index (χ0) is 17.0. The molecule has 122 valence electrons. The van der Waals surface area contributed by atoms with Gasteiger partial charge in [-0.2, -0.15) is 0 Å². The molecule has 4 heteroatoms. The van der Waals surface area contributed by atoms with Crippen molar-refractivity contribution in [3.63, 3.8) is 0 Å². The number of hydrogen-bond acceptors (Lipinski definition) is 2. The molecule has 0 unspecified atom stereocenters. The number of nitrogens with one attached hydrogen (secondary N) is 1. The molecule has 1 amide bonds. The first-order valence-electron chi connectivity index (χ1n) is 7.55. The number of hydrogen-bond donors (Lipinski definition) is 1. The maximum absolute atomic E-state index is 12.1. The Morgan fingerprint density at radius 2 is 1.91 bits per heavy atom. The SMILES string of the molecule is Cc1cccc(NC(=O)COc2ccc(Br)cc2C(C)(C)C)c1. The van der Waals surface area contributed by atoms with Crippen molar-refractivity contribution >= 4 is 27.5 Å². The number of anilines is 1. The Bertz CT molecular complexity index is 705. The van der Waals surface area contributed by atoms with Gasteiger partial charge in [-0.15, -0.1) is 0 Å². The number of ether oxygens (including phenoxy) is 1. The molecular weight excluding hydrogens is 354 g/mol. The van der Waals surface area contributed by atoms with E-state index in [2.05, 4.69) is 42.0 Å². The molecule has 0 fully saturated rings. The second-order valence-electron chi connectivity index (χ2n) is 6.60. The van der Waals surface area contributed by atoms with Crippen molar-refractivity contribution < 1.29 is 9.53 Å². The van der Waals surface area contributed by atoms with Crippen LogP contribution < -0.4 is 10.1 Å². The molecule has 0 saturated heterocycles. The fourth-order valence-electron chi connectivity index (χ4n) is 2.28. The number of rotatable bonds is 4. The van der Waals surface area contributed by atoms with Crippen LogP contribution in [0.2, 0.25) is 0 Å². The predicted octanol–water partition coefficient (Wildman–Crippen LogP) is 5.07. The molecule has 23 heavy (non-hydrogen) atoms. The standard InChI is InChI=1S/C19H22BrNO2/c1-13-6-5-7-15(10-13)21-18(22)12-23-17-9-8-14(20)11-16(17)19(2,3)4/h5-11H,12H2,1-4H3,(H,21,22). The summed E-state index contributed by atoms with van der Waals surface area (Å²) < 4.78 is 6.75. The number of benzene rings is 2. The van der Waals surface area contributed by atoms with E-state index in [0.29, 0.717) is 0 Å². The molecule has 0 spiro atoms. The van der Waals surface area contributed by atoms with Gasteiger partial charge in [0.2, 0.25) is 0 Å². The molecule has 0 radical (unpaired) electrons. The van der Waals surface area contributed by atoms with Crippen LogP contribution in [0.15, 0.2) is 46.9 Å². The smallest absolute Gasteiger partial charge is 0.262 e. The van der Waals surface area contributed by atoms with Crippen molar-refractivity contribution in [2.75, 3.05) is 11.9 Å². The van der Waals surface area contributed by atoms with E-state index in [-0.39, 0.29) is 17.9 Å². The first kappa shape index (κ1) is 17.5. The summed E-state index contributed by atoms with van der Waals surface area (Å²) >= 11 is 3.48. The molecule has 0 heterocycles. The summed E-state index contributed by atoms with van der Waals surface area (Å²) in [6, 6.07) is 13.5. The summed E-state index contributed by atoms with van der Waals surface area (Å²) in [5.41, 5.74) is 2.89. The van der Waals surface area contributed by atoms with Gasteiger partial charge in [-0.25, -0.2) is 0 Å². The highest BCUT2D eigenvalue weighted by atomic mass is 79.9. The van der Waals surface area contributed by atoms with Crippen LogP contribution in [-0.2, 0) is 10.2 Å². The van der Waals surface area contributed by atoms with E-state index in [0.717, 1.165) is 27.0 Å². The minimum atomic E-state index is -0.168. The lowest BCUT2D eigenvalue weighted by Gasteiger charge is -2.23. The Balaban J connectivity index is 2.05. The summed E-state index contributed by atoms with van der Waals surface area (Å²) in [5.74, 6) is 0.568. The van der Waals surface area contributed by atoms with Crippen molar-refractivity contribution in [2.24, 2.45) is 0 Å². The van der Waals surface area contributed by atoms with Gasteiger partial charge in [0.1, 0.15) is 5.75 Å². The lowest BCUT2D eigenvalue weighted by molar-refractivity contribution is -0.118. The summed E-state index contributed by atoms with van der Waals surface area (Å²) in [6.45, 7) is 8.33. The number of amides is 1. The Kier molecular flexibility index (Phi) is 5.47. The van der Waals surface area contributed by atoms with Gasteiger partial charge < -0.3 is 10.1 Å². The van der Waals surface area contributed by atoms with Crippen LogP contribution in [0.1, 0.15) is 31.9 Å². The van der Waals surface area contributed by atoms with Crippen LogP contribution in [0.4, 0.5) is 5.69 Å². The number of halogens is 1. The molecule has 2 aromatic rings. The van der Waals surface area contributed by atoms with Gasteiger partial charge >= 0.3 is 0 Å². The molecule has 3 nitrogen and oxygen atoms in total. The summed E-state index contributed by atoms with van der Waals surface area (Å²) in [7, 11) is 0. The van der Waals surface area contributed by atoms with E-state index in [1.165, 1.54) is 0 Å². The minimum absolute atomic E-state index is 0.0152. The van der Waals surface area contributed by atoms with Crippen LogP contribution in [0, 0.1) is 6.92 Å². The molecule has 0 aromatic heterocycles. The van der Waals surface area contributed by atoms with Crippen molar-refractivity contribution in [1.82, 2.24) is 0 Å². The van der Waals surface area contributed by atoms with Crippen molar-refractivity contribution in [1.29, 1.82) is 0 Å². The summed E-state index contributed by atoms with van der Waals surface area (Å²) in [5, 5.41) is 2.85. The summed E-state index contributed by atoms with van der Waals surface area (Å²) in [4.78, 5) is 12.1. The molecule has 2 rings (SSSR count). The van der Waals surface area contributed by atoms with Gasteiger partial charge in [-0.05, 0) is 48.2 Å². The zero-order valence-corrected chi connectivity index (χ0v) is 15.5. The van der Waals surface area contributed by atoms with E-state index < -0.39 is 0 Å². The van der Waals surface area contributed by atoms with E-state index in [1.54, 1.807) is 0 Å². The Labute approximate surface area is 146 Å². The lowest BCUT2D eigenvalue weighted by atomic mass is 9.86. The second-order valence-corrected chi connectivity index (χ2v) is 7.51. The molecule has 0 aliphatic rings. The van der Waals surface area contributed by atoms with Crippen LogP contribution in [-0.4, -0.2) is 12.5 Å². The second kappa shape index (κ2) is 7.18. The van der Waals surface area contributed by atoms with Gasteiger partial charge in [-0.3, -0.25) is 4.79 Å². The first-order valence-corrected chi connectivity index (χ1v) is 8.34. The normalized spacial score (nSPS) is 11.2. The fourth-order valence-corrected chi connectivity index (χ4v) is 2.64. The molecular formula is C19H22BrNO2. The molecule has 0 saturated carbocycles. The monoisotopic (exact) mass is 375 g/mol. The molecule has 0 aliphatic carbocycles. The Morgan fingerprint density at radius 3 is 2.57 bits per heavy atom. The highest BCUT2D eigenvalue weighted by molar-refractivity contribution is 9.10. The van der Waals surface area contributed by atoms with E-state index in [1.807, 2.05) is 49.4 Å². The molecule has 1 N–H and O–H groups in total. The molecule has 0 aliphatic heterocycles. The predicted molar refractivity (Wildman–Crippen MR) is 98.1 cm³/mol.